The second kappa shape index (κ2) is 4.46. The molecular formula is C10H11N3O2S. The lowest BCUT2D eigenvalue weighted by atomic mass is 10.3. The number of benzene rings is 1. The molecule has 6 heteroatoms. The summed E-state index contributed by atoms with van der Waals surface area (Å²) in [6.45, 7) is -0.189. The summed E-state index contributed by atoms with van der Waals surface area (Å²) in [6.07, 6.45) is 0. The molecule has 1 heterocycles. The number of H-pyrrole nitrogens is 1. The molecule has 2 N–H and O–H groups in total. The fourth-order valence-corrected chi connectivity index (χ4v) is 1.75. The van der Waals surface area contributed by atoms with Crippen molar-refractivity contribution in [2.75, 3.05) is 7.11 Å². The number of aliphatic hydroxyl groups excluding tert-OH is 1. The third kappa shape index (κ3) is 1.72. The van der Waals surface area contributed by atoms with Gasteiger partial charge >= 0.3 is 0 Å². The van der Waals surface area contributed by atoms with E-state index in [0.29, 0.717) is 16.3 Å². The molecule has 0 aliphatic carbocycles. The molecular weight excluding hydrogens is 226 g/mol. The Hall–Kier alpha value is -1.66. The van der Waals surface area contributed by atoms with E-state index in [4.69, 9.17) is 22.1 Å². The van der Waals surface area contributed by atoms with E-state index in [1.807, 2.05) is 24.3 Å². The summed E-state index contributed by atoms with van der Waals surface area (Å²) in [5, 5.41) is 15.7. The Morgan fingerprint density at radius 1 is 1.50 bits per heavy atom. The van der Waals surface area contributed by atoms with Crippen LogP contribution >= 0.6 is 12.2 Å². The van der Waals surface area contributed by atoms with Crippen molar-refractivity contribution >= 4 is 12.2 Å². The number of nitrogens with zero attached hydrogens (tertiary/aromatic N) is 2. The van der Waals surface area contributed by atoms with Crippen molar-refractivity contribution in [1.82, 2.24) is 14.8 Å². The van der Waals surface area contributed by atoms with Crippen LogP contribution in [0.1, 0.15) is 5.82 Å². The molecule has 0 fully saturated rings. The summed E-state index contributed by atoms with van der Waals surface area (Å²) >= 11 is 5.11. The maximum absolute atomic E-state index is 9.17. The van der Waals surface area contributed by atoms with E-state index >= 15 is 0 Å². The number of aromatic nitrogens is 3. The van der Waals surface area contributed by atoms with Crippen molar-refractivity contribution in [3.8, 4) is 11.4 Å². The van der Waals surface area contributed by atoms with Gasteiger partial charge in [-0.1, -0.05) is 12.1 Å². The molecule has 1 aromatic heterocycles. The van der Waals surface area contributed by atoms with E-state index in [1.54, 1.807) is 11.7 Å². The van der Waals surface area contributed by atoms with Gasteiger partial charge < -0.3 is 9.84 Å². The van der Waals surface area contributed by atoms with Crippen molar-refractivity contribution in [2.24, 2.45) is 0 Å². The molecule has 0 saturated carbocycles. The van der Waals surface area contributed by atoms with Gasteiger partial charge in [0.05, 0.1) is 12.8 Å². The Kier molecular flexibility index (Phi) is 3.02. The summed E-state index contributed by atoms with van der Waals surface area (Å²) < 4.78 is 7.30. The van der Waals surface area contributed by atoms with Gasteiger partial charge in [-0.25, -0.2) is 0 Å². The maximum atomic E-state index is 9.17. The molecule has 2 rings (SSSR count). The predicted molar refractivity (Wildman–Crippen MR) is 61.2 cm³/mol. The van der Waals surface area contributed by atoms with E-state index in [9.17, 15) is 0 Å². The minimum absolute atomic E-state index is 0.189. The van der Waals surface area contributed by atoms with Crippen LogP contribution in [0.5, 0.6) is 5.75 Å². The zero-order chi connectivity index (χ0) is 11.5. The number of hydrogen-bond donors (Lipinski definition) is 2. The lowest BCUT2D eigenvalue weighted by Crippen LogP contribution is -2.03. The van der Waals surface area contributed by atoms with Crippen molar-refractivity contribution in [1.29, 1.82) is 0 Å². The number of para-hydroxylation sites is 2. The first-order valence-electron chi connectivity index (χ1n) is 4.68. The lowest BCUT2D eigenvalue weighted by molar-refractivity contribution is 0.268. The first-order valence-corrected chi connectivity index (χ1v) is 5.09. The van der Waals surface area contributed by atoms with Crippen LogP contribution < -0.4 is 4.74 Å². The molecule has 0 saturated heterocycles. The standard InChI is InChI=1S/C10H11N3O2S/c1-15-8-5-3-2-4-7(8)13-9(6-14)11-12-10(13)16/h2-5,14H,6H2,1H3,(H,12,16). The molecule has 0 unspecified atom stereocenters. The molecule has 1 aromatic carbocycles. The Balaban J connectivity index is 2.66. The van der Waals surface area contributed by atoms with Crippen LogP contribution in [0, 0.1) is 4.77 Å². The number of hydrogen-bond acceptors (Lipinski definition) is 4. The maximum Gasteiger partial charge on any atom is 0.200 e. The summed E-state index contributed by atoms with van der Waals surface area (Å²) in [5.74, 6) is 1.13. The van der Waals surface area contributed by atoms with Crippen LogP contribution in [0.4, 0.5) is 0 Å². The van der Waals surface area contributed by atoms with Crippen LogP contribution in [-0.4, -0.2) is 27.0 Å². The first-order chi connectivity index (χ1) is 7.77. The van der Waals surface area contributed by atoms with E-state index in [0.717, 1.165) is 5.69 Å². The molecule has 0 spiro atoms. The molecule has 0 aliphatic rings. The van der Waals surface area contributed by atoms with Gasteiger partial charge in [0.25, 0.3) is 0 Å². The summed E-state index contributed by atoms with van der Waals surface area (Å²) in [4.78, 5) is 0. The highest BCUT2D eigenvalue weighted by molar-refractivity contribution is 7.71. The molecule has 0 amide bonds. The molecule has 84 valence electrons. The van der Waals surface area contributed by atoms with Gasteiger partial charge in [0.15, 0.2) is 10.6 Å². The second-order valence-electron chi connectivity index (χ2n) is 3.11. The van der Waals surface area contributed by atoms with Crippen LogP contribution in [0.25, 0.3) is 5.69 Å². The predicted octanol–water partition coefficient (Wildman–Crippen LogP) is 1.43. The lowest BCUT2D eigenvalue weighted by Gasteiger charge is -2.09. The largest absolute Gasteiger partial charge is 0.495 e. The summed E-state index contributed by atoms with van der Waals surface area (Å²) in [6, 6.07) is 7.41. The zero-order valence-electron chi connectivity index (χ0n) is 8.67. The smallest absolute Gasteiger partial charge is 0.200 e. The molecule has 5 nitrogen and oxygen atoms in total. The highest BCUT2D eigenvalue weighted by Gasteiger charge is 2.10. The number of methoxy groups -OCH3 is 1. The Bertz CT molecular complexity index is 547. The van der Waals surface area contributed by atoms with Crippen molar-refractivity contribution in [3.63, 3.8) is 0 Å². The molecule has 16 heavy (non-hydrogen) atoms. The normalized spacial score (nSPS) is 10.4. The van der Waals surface area contributed by atoms with Gasteiger partial charge in [0.1, 0.15) is 12.4 Å². The van der Waals surface area contributed by atoms with Crippen LogP contribution in [-0.2, 0) is 6.61 Å². The molecule has 0 aliphatic heterocycles. The highest BCUT2D eigenvalue weighted by Crippen LogP contribution is 2.23. The molecule has 0 atom stereocenters. The Morgan fingerprint density at radius 3 is 2.94 bits per heavy atom. The molecule has 2 aromatic rings. The first kappa shape index (κ1) is 10.8. The molecule has 0 bridgehead atoms. The van der Waals surface area contributed by atoms with E-state index in [-0.39, 0.29) is 6.61 Å². The second-order valence-corrected chi connectivity index (χ2v) is 3.50. The van der Waals surface area contributed by atoms with Gasteiger partial charge in [-0.2, -0.15) is 5.10 Å². The Labute approximate surface area is 97.3 Å². The number of aliphatic hydroxyl groups is 1. The minimum atomic E-state index is -0.189. The van der Waals surface area contributed by atoms with E-state index < -0.39 is 0 Å². The monoisotopic (exact) mass is 237 g/mol. The third-order valence-electron chi connectivity index (χ3n) is 2.21. The van der Waals surface area contributed by atoms with E-state index in [2.05, 4.69) is 10.2 Å². The third-order valence-corrected chi connectivity index (χ3v) is 2.48. The van der Waals surface area contributed by atoms with Crippen LogP contribution in [0.2, 0.25) is 0 Å². The van der Waals surface area contributed by atoms with Gasteiger partial charge in [0, 0.05) is 0 Å². The number of rotatable bonds is 3. The van der Waals surface area contributed by atoms with Crippen molar-refractivity contribution in [2.45, 2.75) is 6.61 Å². The SMILES string of the molecule is COc1ccccc1-n1c(CO)n[nH]c1=S. The average molecular weight is 237 g/mol. The fourth-order valence-electron chi connectivity index (χ4n) is 1.50. The number of aromatic amines is 1. The summed E-state index contributed by atoms with van der Waals surface area (Å²) in [7, 11) is 1.58. The van der Waals surface area contributed by atoms with E-state index in [1.165, 1.54) is 0 Å². The quantitative estimate of drug-likeness (QED) is 0.793. The van der Waals surface area contributed by atoms with Crippen molar-refractivity contribution in [3.05, 3.63) is 34.9 Å². The van der Waals surface area contributed by atoms with Crippen LogP contribution in [0.15, 0.2) is 24.3 Å². The highest BCUT2D eigenvalue weighted by atomic mass is 32.1. The van der Waals surface area contributed by atoms with Gasteiger partial charge in [0.2, 0.25) is 0 Å². The molecule has 0 radical (unpaired) electrons. The minimum Gasteiger partial charge on any atom is -0.495 e. The van der Waals surface area contributed by atoms with Crippen LogP contribution in [0.3, 0.4) is 0 Å². The van der Waals surface area contributed by atoms with Gasteiger partial charge in [-0.3, -0.25) is 9.67 Å². The summed E-state index contributed by atoms with van der Waals surface area (Å²) in [5.41, 5.74) is 0.757. The Morgan fingerprint density at radius 2 is 2.25 bits per heavy atom. The van der Waals surface area contributed by atoms with Gasteiger partial charge in [-0.15, -0.1) is 0 Å². The van der Waals surface area contributed by atoms with Gasteiger partial charge in [-0.05, 0) is 24.4 Å². The fraction of sp³-hybridized carbons (Fsp3) is 0.200. The zero-order valence-corrected chi connectivity index (χ0v) is 9.49. The number of ether oxygens (including phenoxy) is 1. The van der Waals surface area contributed by atoms with Crippen molar-refractivity contribution < 1.29 is 9.84 Å². The number of nitrogens with one attached hydrogen (secondary N) is 1. The topological polar surface area (TPSA) is 63.1 Å². The average Bonchev–Trinajstić information content (AvgIpc) is 2.70.